The Balaban J connectivity index is 2.49. The first-order chi connectivity index (χ1) is 7.42. The van der Waals surface area contributed by atoms with Gasteiger partial charge in [-0.3, -0.25) is 4.79 Å². The molecule has 0 amide bonds. The lowest BCUT2D eigenvalue weighted by Gasteiger charge is -2.21. The summed E-state index contributed by atoms with van der Waals surface area (Å²) >= 11 is 0. The van der Waals surface area contributed by atoms with Gasteiger partial charge in [0, 0.05) is 6.07 Å². The summed E-state index contributed by atoms with van der Waals surface area (Å²) in [6.07, 6.45) is -0.205. The molecule has 1 unspecified atom stereocenters. The van der Waals surface area contributed by atoms with E-state index >= 15 is 0 Å². The van der Waals surface area contributed by atoms with E-state index in [1.165, 1.54) is 0 Å². The molecule has 0 aromatic heterocycles. The van der Waals surface area contributed by atoms with Gasteiger partial charge in [0.15, 0.2) is 0 Å². The lowest BCUT2D eigenvalue weighted by molar-refractivity contribution is -0.142. The smallest absolute Gasteiger partial charge is 0.306 e. The largest absolute Gasteiger partial charge is 0.481 e. The van der Waals surface area contributed by atoms with Crippen LogP contribution < -0.4 is 0 Å². The van der Waals surface area contributed by atoms with Crippen molar-refractivity contribution in [1.82, 2.24) is 0 Å². The predicted octanol–water partition coefficient (Wildman–Crippen LogP) is 1.57. The third kappa shape index (κ3) is 1.67. The van der Waals surface area contributed by atoms with E-state index in [1.807, 2.05) is 0 Å². The molecule has 0 heterocycles. The average Bonchev–Trinajstić information content (AvgIpc) is 2.43. The molecule has 0 saturated carbocycles. The molecule has 5 heteroatoms. The summed E-state index contributed by atoms with van der Waals surface area (Å²) in [6, 6.07) is 1.75. The number of hydrogen-bond acceptors (Lipinski definition) is 2. The van der Waals surface area contributed by atoms with Crippen molar-refractivity contribution >= 4 is 5.97 Å². The zero-order valence-corrected chi connectivity index (χ0v) is 8.33. The minimum atomic E-state index is -1.65. The van der Waals surface area contributed by atoms with Gasteiger partial charge < -0.3 is 10.2 Å². The molecule has 0 bridgehead atoms. The van der Waals surface area contributed by atoms with Crippen LogP contribution in [-0.4, -0.2) is 16.2 Å². The van der Waals surface area contributed by atoms with Crippen molar-refractivity contribution in [3.8, 4) is 0 Å². The standard InChI is InChI=1S/C11H10F2O3/c12-6-3-8-7(9(13)4-6)1-2-11(8,16)5-10(14)15/h3-4,16H,1-2,5H2,(H,14,15). The monoisotopic (exact) mass is 228 g/mol. The van der Waals surface area contributed by atoms with E-state index in [0.717, 1.165) is 12.1 Å². The van der Waals surface area contributed by atoms with Crippen LogP contribution in [0.25, 0.3) is 0 Å². The Hall–Kier alpha value is -1.49. The lowest BCUT2D eigenvalue weighted by Crippen LogP contribution is -2.26. The molecule has 0 spiro atoms. The summed E-state index contributed by atoms with van der Waals surface area (Å²) < 4.78 is 26.3. The fourth-order valence-electron chi connectivity index (χ4n) is 2.17. The molecule has 0 saturated heterocycles. The summed E-state index contributed by atoms with van der Waals surface area (Å²) in [4.78, 5) is 10.6. The van der Waals surface area contributed by atoms with Crippen LogP contribution in [0.4, 0.5) is 8.78 Å². The van der Waals surface area contributed by atoms with Crippen molar-refractivity contribution in [3.63, 3.8) is 0 Å². The molecule has 3 nitrogen and oxygen atoms in total. The van der Waals surface area contributed by atoms with Gasteiger partial charge in [0.05, 0.1) is 6.42 Å². The summed E-state index contributed by atoms with van der Waals surface area (Å²) in [5.74, 6) is -2.72. The van der Waals surface area contributed by atoms with Gasteiger partial charge in [-0.2, -0.15) is 0 Å². The number of benzene rings is 1. The van der Waals surface area contributed by atoms with Gasteiger partial charge in [0.2, 0.25) is 0 Å². The van der Waals surface area contributed by atoms with Gasteiger partial charge in [-0.25, -0.2) is 8.78 Å². The minimum Gasteiger partial charge on any atom is -0.481 e. The number of aliphatic carboxylic acids is 1. The van der Waals surface area contributed by atoms with Gasteiger partial charge >= 0.3 is 5.97 Å². The Bertz CT molecular complexity index is 459. The van der Waals surface area contributed by atoms with E-state index in [9.17, 15) is 18.7 Å². The number of halogens is 2. The Morgan fingerprint density at radius 3 is 2.75 bits per heavy atom. The van der Waals surface area contributed by atoms with Crippen LogP contribution in [0.1, 0.15) is 24.0 Å². The van der Waals surface area contributed by atoms with Crippen molar-refractivity contribution in [3.05, 3.63) is 34.9 Å². The van der Waals surface area contributed by atoms with Crippen LogP contribution in [0.5, 0.6) is 0 Å². The Morgan fingerprint density at radius 2 is 2.12 bits per heavy atom. The molecule has 2 N–H and O–H groups in total. The average molecular weight is 228 g/mol. The molecule has 2 rings (SSSR count). The second kappa shape index (κ2) is 3.52. The van der Waals surface area contributed by atoms with Crippen LogP contribution in [0.2, 0.25) is 0 Å². The van der Waals surface area contributed by atoms with E-state index in [1.54, 1.807) is 0 Å². The van der Waals surface area contributed by atoms with Crippen LogP contribution in [0.15, 0.2) is 12.1 Å². The molecular formula is C11H10F2O3. The fourth-order valence-corrected chi connectivity index (χ4v) is 2.17. The zero-order chi connectivity index (χ0) is 11.9. The van der Waals surface area contributed by atoms with Gasteiger partial charge in [-0.1, -0.05) is 0 Å². The van der Waals surface area contributed by atoms with E-state index in [2.05, 4.69) is 0 Å². The number of carbonyl (C=O) groups is 1. The van der Waals surface area contributed by atoms with Gasteiger partial charge in [-0.15, -0.1) is 0 Å². The first-order valence-corrected chi connectivity index (χ1v) is 4.85. The maximum absolute atomic E-state index is 13.3. The second-order valence-corrected chi connectivity index (χ2v) is 4.02. The van der Waals surface area contributed by atoms with Crippen LogP contribution in [0.3, 0.4) is 0 Å². The highest BCUT2D eigenvalue weighted by Crippen LogP contribution is 2.40. The molecule has 1 aromatic rings. The quantitative estimate of drug-likeness (QED) is 0.807. The third-order valence-electron chi connectivity index (χ3n) is 2.89. The van der Waals surface area contributed by atoms with Crippen molar-refractivity contribution in [2.45, 2.75) is 24.9 Å². The summed E-state index contributed by atoms with van der Waals surface area (Å²) in [5, 5.41) is 18.7. The van der Waals surface area contributed by atoms with Crippen molar-refractivity contribution in [1.29, 1.82) is 0 Å². The van der Waals surface area contributed by atoms with Crippen molar-refractivity contribution in [2.75, 3.05) is 0 Å². The highest BCUT2D eigenvalue weighted by Gasteiger charge is 2.40. The number of carboxylic acids is 1. The van der Waals surface area contributed by atoms with E-state index in [4.69, 9.17) is 5.11 Å². The lowest BCUT2D eigenvalue weighted by atomic mass is 9.92. The Labute approximate surface area is 90.3 Å². The molecule has 0 fully saturated rings. The normalized spacial score (nSPS) is 23.2. The Morgan fingerprint density at radius 1 is 1.44 bits per heavy atom. The fraction of sp³-hybridized carbons (Fsp3) is 0.364. The van der Waals surface area contributed by atoms with E-state index < -0.39 is 29.6 Å². The van der Waals surface area contributed by atoms with Crippen molar-refractivity contribution in [2.24, 2.45) is 0 Å². The molecule has 1 aromatic carbocycles. The van der Waals surface area contributed by atoms with Gasteiger partial charge in [0.25, 0.3) is 0 Å². The third-order valence-corrected chi connectivity index (χ3v) is 2.89. The van der Waals surface area contributed by atoms with Crippen molar-refractivity contribution < 1.29 is 23.8 Å². The molecule has 1 atom stereocenters. The van der Waals surface area contributed by atoms with E-state index in [0.29, 0.717) is 0 Å². The summed E-state index contributed by atoms with van der Waals surface area (Å²) in [7, 11) is 0. The number of aliphatic hydroxyl groups is 1. The SMILES string of the molecule is O=C(O)CC1(O)CCc2c(F)cc(F)cc21. The first kappa shape index (κ1) is 11.0. The van der Waals surface area contributed by atoms with Crippen LogP contribution in [0, 0.1) is 11.6 Å². The highest BCUT2D eigenvalue weighted by molar-refractivity contribution is 5.69. The number of carboxylic acid groups (broad SMARTS) is 1. The number of fused-ring (bicyclic) bond motifs is 1. The van der Waals surface area contributed by atoms with Gasteiger partial charge in [0.1, 0.15) is 17.2 Å². The maximum atomic E-state index is 13.3. The number of hydrogen-bond donors (Lipinski definition) is 2. The van der Waals surface area contributed by atoms with Crippen LogP contribution in [-0.2, 0) is 16.8 Å². The van der Waals surface area contributed by atoms with Gasteiger partial charge in [-0.05, 0) is 30.0 Å². The summed E-state index contributed by atoms with van der Waals surface area (Å²) in [6.45, 7) is 0. The minimum absolute atomic E-state index is 0.0624. The zero-order valence-electron chi connectivity index (χ0n) is 8.33. The van der Waals surface area contributed by atoms with E-state index in [-0.39, 0.29) is 24.0 Å². The summed E-state index contributed by atoms with van der Waals surface area (Å²) in [5.41, 5.74) is -1.37. The molecule has 0 radical (unpaired) electrons. The molecule has 0 aliphatic heterocycles. The Kier molecular flexibility index (Phi) is 2.42. The topological polar surface area (TPSA) is 57.5 Å². The predicted molar refractivity (Wildman–Crippen MR) is 50.8 cm³/mol. The molecule has 1 aliphatic rings. The molecule has 16 heavy (non-hydrogen) atoms. The molecule has 86 valence electrons. The maximum Gasteiger partial charge on any atom is 0.306 e. The van der Waals surface area contributed by atoms with Crippen LogP contribution >= 0.6 is 0 Å². The highest BCUT2D eigenvalue weighted by atomic mass is 19.1. The number of rotatable bonds is 2. The first-order valence-electron chi connectivity index (χ1n) is 4.85. The molecule has 1 aliphatic carbocycles. The second-order valence-electron chi connectivity index (χ2n) is 4.02. The molecular weight excluding hydrogens is 218 g/mol.